The third-order valence-corrected chi connectivity index (χ3v) is 2.66. The van der Waals surface area contributed by atoms with Crippen molar-refractivity contribution in [2.45, 2.75) is 19.3 Å². The summed E-state index contributed by atoms with van der Waals surface area (Å²) >= 11 is 7.50. The number of hydrogen-bond acceptors (Lipinski definition) is 1. The van der Waals surface area contributed by atoms with Crippen LogP contribution in [-0.2, 0) is 11.2 Å². The lowest BCUT2D eigenvalue weighted by Gasteiger charge is -1.99. The Hall–Kier alpha value is -0.0900. The van der Waals surface area contributed by atoms with Crippen molar-refractivity contribution in [2.24, 2.45) is 0 Å². The molecule has 13 heavy (non-hydrogen) atoms. The highest BCUT2D eigenvalue weighted by Crippen LogP contribution is 2.09. The van der Waals surface area contributed by atoms with Gasteiger partial charge in [-0.15, -0.1) is 0 Å². The van der Waals surface area contributed by atoms with Crippen molar-refractivity contribution in [3.8, 4) is 0 Å². The monoisotopic (exact) mass is 308 g/mol. The van der Waals surface area contributed by atoms with E-state index in [0.29, 0.717) is 6.42 Å². The van der Waals surface area contributed by atoms with E-state index in [1.165, 1.54) is 9.13 Å². The first kappa shape index (κ1) is 11.0. The number of hydrogen-bond donors (Lipinski definition) is 0. The maximum absolute atomic E-state index is 10.5. The molecule has 0 bridgehead atoms. The fourth-order valence-corrected chi connectivity index (χ4v) is 1.58. The van der Waals surface area contributed by atoms with Crippen LogP contribution < -0.4 is 0 Å². The largest absolute Gasteiger partial charge is 0.281 e. The van der Waals surface area contributed by atoms with Gasteiger partial charge >= 0.3 is 0 Å². The van der Waals surface area contributed by atoms with Gasteiger partial charge in [0.05, 0.1) is 0 Å². The summed E-state index contributed by atoms with van der Waals surface area (Å²) in [5.41, 5.74) is 1.26. The molecule has 70 valence electrons. The normalized spacial score (nSPS) is 10.0. The summed E-state index contributed by atoms with van der Waals surface area (Å²) in [5.74, 6) is 0. The molecule has 0 amide bonds. The number of carbonyl (C=O) groups excluding carboxylic acids is 1. The van der Waals surface area contributed by atoms with Crippen LogP contribution in [0.25, 0.3) is 0 Å². The smallest absolute Gasteiger partial charge is 0.221 e. The lowest BCUT2D eigenvalue weighted by molar-refractivity contribution is -0.111. The fourth-order valence-electron chi connectivity index (χ4n) is 1.08. The summed E-state index contributed by atoms with van der Waals surface area (Å²) in [6, 6.07) is 8.30. The molecule has 1 nitrogen and oxygen atoms in total. The average molecular weight is 309 g/mol. The highest BCUT2D eigenvalue weighted by atomic mass is 127. The van der Waals surface area contributed by atoms with E-state index >= 15 is 0 Å². The van der Waals surface area contributed by atoms with Gasteiger partial charge in [0, 0.05) is 9.99 Å². The van der Waals surface area contributed by atoms with Crippen molar-refractivity contribution in [1.29, 1.82) is 0 Å². The maximum atomic E-state index is 10.5. The van der Waals surface area contributed by atoms with Crippen molar-refractivity contribution in [2.75, 3.05) is 0 Å². The van der Waals surface area contributed by atoms with Crippen molar-refractivity contribution >= 4 is 39.4 Å². The molecule has 0 heterocycles. The molecule has 3 heteroatoms. The van der Waals surface area contributed by atoms with Crippen LogP contribution in [0.5, 0.6) is 0 Å². The SMILES string of the molecule is O=C(Cl)CCCc1ccc(I)cc1. The van der Waals surface area contributed by atoms with Gasteiger partial charge in [0.2, 0.25) is 5.24 Å². The van der Waals surface area contributed by atoms with E-state index in [-0.39, 0.29) is 5.24 Å². The van der Waals surface area contributed by atoms with Gasteiger partial charge < -0.3 is 0 Å². The molecule has 0 unspecified atom stereocenters. The van der Waals surface area contributed by atoms with Crippen LogP contribution in [0, 0.1) is 3.57 Å². The molecule has 0 spiro atoms. The van der Waals surface area contributed by atoms with Crippen molar-refractivity contribution < 1.29 is 4.79 Å². The second kappa shape index (κ2) is 5.60. The predicted octanol–water partition coefficient (Wildman–Crippen LogP) is 3.38. The van der Waals surface area contributed by atoms with Crippen molar-refractivity contribution in [3.63, 3.8) is 0 Å². The molecule has 0 saturated heterocycles. The van der Waals surface area contributed by atoms with Gasteiger partial charge in [0.1, 0.15) is 0 Å². The minimum atomic E-state index is -0.245. The van der Waals surface area contributed by atoms with E-state index in [1.807, 2.05) is 0 Å². The molecule has 0 radical (unpaired) electrons. The van der Waals surface area contributed by atoms with E-state index in [4.69, 9.17) is 11.6 Å². The van der Waals surface area contributed by atoms with Crippen molar-refractivity contribution in [1.82, 2.24) is 0 Å². The van der Waals surface area contributed by atoms with Crippen LogP contribution in [0.4, 0.5) is 0 Å². The zero-order chi connectivity index (χ0) is 9.68. The topological polar surface area (TPSA) is 17.1 Å². The summed E-state index contributed by atoms with van der Waals surface area (Å²) in [4.78, 5) is 10.5. The fraction of sp³-hybridized carbons (Fsp3) is 0.300. The first-order chi connectivity index (χ1) is 6.18. The van der Waals surface area contributed by atoms with Crippen LogP contribution in [0.15, 0.2) is 24.3 Å². The quantitative estimate of drug-likeness (QED) is 0.615. The van der Waals surface area contributed by atoms with Crippen LogP contribution in [0.3, 0.4) is 0 Å². The molecule has 1 rings (SSSR count). The highest BCUT2D eigenvalue weighted by Gasteiger charge is 1.97. The lowest BCUT2D eigenvalue weighted by atomic mass is 10.1. The first-order valence-electron chi connectivity index (χ1n) is 4.11. The minimum absolute atomic E-state index is 0.245. The molecule has 0 aliphatic heterocycles. The Kier molecular flexibility index (Phi) is 4.73. The standard InChI is InChI=1S/C10H10ClIO/c11-10(13)3-1-2-8-4-6-9(12)7-5-8/h4-7H,1-3H2. The van der Waals surface area contributed by atoms with Gasteiger partial charge in [-0.2, -0.15) is 0 Å². The Morgan fingerprint density at radius 1 is 1.31 bits per heavy atom. The molecule has 1 aromatic rings. The Labute approximate surface area is 96.6 Å². The number of carbonyl (C=O) groups is 1. The van der Waals surface area contributed by atoms with Gasteiger partial charge in [-0.25, -0.2) is 0 Å². The summed E-state index contributed by atoms with van der Waals surface area (Å²) in [7, 11) is 0. The number of aryl methyl sites for hydroxylation is 1. The van der Waals surface area contributed by atoms with E-state index in [0.717, 1.165) is 12.8 Å². The second-order valence-corrected chi connectivity index (χ2v) is 4.50. The Bertz CT molecular complexity index is 281. The number of rotatable bonds is 4. The molecule has 0 aliphatic rings. The lowest BCUT2D eigenvalue weighted by Crippen LogP contribution is -1.90. The molecule has 0 saturated carbocycles. The van der Waals surface area contributed by atoms with E-state index in [1.54, 1.807) is 0 Å². The predicted molar refractivity (Wildman–Crippen MR) is 63.0 cm³/mol. The number of benzene rings is 1. The maximum Gasteiger partial charge on any atom is 0.221 e. The second-order valence-electron chi connectivity index (χ2n) is 2.84. The van der Waals surface area contributed by atoms with Gasteiger partial charge in [-0.05, 0) is 64.7 Å². The molecule has 0 atom stereocenters. The molecule has 0 N–H and O–H groups in total. The Morgan fingerprint density at radius 3 is 2.46 bits per heavy atom. The highest BCUT2D eigenvalue weighted by molar-refractivity contribution is 14.1. The number of halogens is 2. The summed E-state index contributed by atoms with van der Waals surface area (Å²) in [5, 5.41) is -0.245. The molecule has 0 aromatic heterocycles. The third-order valence-electron chi connectivity index (χ3n) is 1.75. The Morgan fingerprint density at radius 2 is 1.92 bits per heavy atom. The van der Waals surface area contributed by atoms with Crippen LogP contribution in [0.2, 0.25) is 0 Å². The zero-order valence-corrected chi connectivity index (χ0v) is 10.0. The first-order valence-corrected chi connectivity index (χ1v) is 5.57. The van der Waals surface area contributed by atoms with E-state index in [2.05, 4.69) is 46.9 Å². The molecular formula is C10H10ClIO. The molecule has 0 fully saturated rings. The third kappa shape index (κ3) is 4.62. The summed E-state index contributed by atoms with van der Waals surface area (Å²) in [6.07, 6.45) is 2.23. The van der Waals surface area contributed by atoms with Crippen LogP contribution in [0.1, 0.15) is 18.4 Å². The summed E-state index contributed by atoms with van der Waals surface area (Å²) < 4.78 is 1.23. The van der Waals surface area contributed by atoms with E-state index < -0.39 is 0 Å². The molecular weight excluding hydrogens is 298 g/mol. The van der Waals surface area contributed by atoms with Crippen LogP contribution >= 0.6 is 34.2 Å². The van der Waals surface area contributed by atoms with Crippen LogP contribution in [-0.4, -0.2) is 5.24 Å². The van der Waals surface area contributed by atoms with Crippen molar-refractivity contribution in [3.05, 3.63) is 33.4 Å². The zero-order valence-electron chi connectivity index (χ0n) is 7.09. The van der Waals surface area contributed by atoms with Gasteiger partial charge in [-0.3, -0.25) is 4.79 Å². The average Bonchev–Trinajstić information content (AvgIpc) is 2.08. The molecule has 1 aromatic carbocycles. The van der Waals surface area contributed by atoms with E-state index in [9.17, 15) is 4.79 Å². The van der Waals surface area contributed by atoms with Gasteiger partial charge in [-0.1, -0.05) is 12.1 Å². The minimum Gasteiger partial charge on any atom is -0.281 e. The van der Waals surface area contributed by atoms with Gasteiger partial charge in [0.25, 0.3) is 0 Å². The summed E-state index contributed by atoms with van der Waals surface area (Å²) in [6.45, 7) is 0. The molecule has 0 aliphatic carbocycles. The Balaban J connectivity index is 2.37. The van der Waals surface area contributed by atoms with Gasteiger partial charge in [0.15, 0.2) is 0 Å².